The number of aryl methyl sites for hydroxylation is 2. The average molecular weight is 624 g/mol. The SMILES string of the molecule is CCc1ccccc1N(CC(=O)N(Cc1ccccc1Cl)[C@@H](CC)C(=O)NC1CCCCC1)S(=O)(=O)c1ccc(C)cc1. The molecule has 0 spiro atoms. The van der Waals surface area contributed by atoms with Gasteiger partial charge in [-0.15, -0.1) is 0 Å². The maximum Gasteiger partial charge on any atom is 0.264 e. The average Bonchev–Trinajstić information content (AvgIpc) is 3.01. The number of anilines is 1. The maximum absolute atomic E-state index is 14.4. The third kappa shape index (κ3) is 7.98. The standard InChI is InChI=1S/C34H42ClN3O4S/c1-4-26-13-10-12-18-32(26)38(43(41,42)29-21-19-25(3)20-22-29)24-33(39)37(23-27-14-9-11-17-30(27)35)31(5-2)34(40)36-28-15-7-6-8-16-28/h9-14,17-22,28,31H,4-8,15-16,23-24H2,1-3H3,(H,36,40)/t31-/m0/s1. The summed E-state index contributed by atoms with van der Waals surface area (Å²) in [5.74, 6) is -0.705. The van der Waals surface area contributed by atoms with E-state index in [4.69, 9.17) is 11.6 Å². The van der Waals surface area contributed by atoms with Crippen molar-refractivity contribution in [2.45, 2.75) is 89.2 Å². The van der Waals surface area contributed by atoms with E-state index in [-0.39, 0.29) is 23.4 Å². The Hall–Kier alpha value is -3.36. The quantitative estimate of drug-likeness (QED) is 0.244. The van der Waals surface area contributed by atoms with Crippen molar-refractivity contribution < 1.29 is 18.0 Å². The van der Waals surface area contributed by atoms with Crippen LogP contribution in [0, 0.1) is 6.92 Å². The van der Waals surface area contributed by atoms with E-state index in [1.54, 1.807) is 42.5 Å². The molecule has 43 heavy (non-hydrogen) atoms. The number of sulfonamides is 1. The molecule has 1 aliphatic rings. The highest BCUT2D eigenvalue weighted by atomic mass is 35.5. The molecule has 0 bridgehead atoms. The summed E-state index contributed by atoms with van der Waals surface area (Å²) in [5.41, 5.74) is 2.85. The molecule has 9 heteroatoms. The molecule has 0 aromatic heterocycles. The van der Waals surface area contributed by atoms with E-state index >= 15 is 0 Å². The summed E-state index contributed by atoms with van der Waals surface area (Å²) in [7, 11) is -4.13. The second-order valence-corrected chi connectivity index (χ2v) is 13.5. The minimum absolute atomic E-state index is 0.0717. The highest BCUT2D eigenvalue weighted by Gasteiger charge is 2.35. The topological polar surface area (TPSA) is 86.8 Å². The second-order valence-electron chi connectivity index (χ2n) is 11.2. The highest BCUT2D eigenvalue weighted by molar-refractivity contribution is 7.92. The maximum atomic E-state index is 14.4. The van der Waals surface area contributed by atoms with E-state index in [0.717, 1.165) is 43.2 Å². The fraction of sp³-hybridized carbons (Fsp3) is 0.412. The molecule has 1 saturated carbocycles. The number of nitrogens with zero attached hydrogens (tertiary/aromatic N) is 2. The van der Waals surface area contributed by atoms with Gasteiger partial charge in [0.15, 0.2) is 0 Å². The zero-order valence-corrected chi connectivity index (χ0v) is 26.8. The first-order valence-electron chi connectivity index (χ1n) is 15.2. The molecule has 0 heterocycles. The van der Waals surface area contributed by atoms with Crippen LogP contribution in [0.4, 0.5) is 5.69 Å². The Morgan fingerprint density at radius 1 is 0.907 bits per heavy atom. The lowest BCUT2D eigenvalue weighted by atomic mass is 9.95. The Bertz CT molecular complexity index is 1500. The third-order valence-electron chi connectivity index (χ3n) is 8.17. The fourth-order valence-corrected chi connectivity index (χ4v) is 7.33. The second kappa shape index (κ2) is 14.9. The first kappa shape index (κ1) is 32.6. The van der Waals surface area contributed by atoms with Gasteiger partial charge in [0.05, 0.1) is 10.6 Å². The molecule has 0 radical (unpaired) electrons. The lowest BCUT2D eigenvalue weighted by Crippen LogP contribution is -2.54. The van der Waals surface area contributed by atoms with Gasteiger partial charge in [-0.1, -0.05) is 98.8 Å². The lowest BCUT2D eigenvalue weighted by molar-refractivity contribution is -0.140. The van der Waals surface area contributed by atoms with E-state index in [1.165, 1.54) is 9.21 Å². The van der Waals surface area contributed by atoms with Gasteiger partial charge in [-0.05, 0) is 68.0 Å². The number of hydrogen-bond acceptors (Lipinski definition) is 4. The molecule has 3 aromatic carbocycles. The van der Waals surface area contributed by atoms with Gasteiger partial charge < -0.3 is 10.2 Å². The molecule has 1 aliphatic carbocycles. The molecule has 1 atom stereocenters. The first-order chi connectivity index (χ1) is 20.6. The molecule has 0 saturated heterocycles. The number of rotatable bonds is 12. The molecule has 2 amide bonds. The normalized spacial score (nSPS) is 14.6. The van der Waals surface area contributed by atoms with Gasteiger partial charge in [-0.2, -0.15) is 0 Å². The van der Waals surface area contributed by atoms with E-state index in [0.29, 0.717) is 29.1 Å². The van der Waals surface area contributed by atoms with Crippen molar-refractivity contribution in [1.29, 1.82) is 0 Å². The van der Waals surface area contributed by atoms with Crippen molar-refractivity contribution in [3.63, 3.8) is 0 Å². The minimum atomic E-state index is -4.13. The zero-order chi connectivity index (χ0) is 31.0. The van der Waals surface area contributed by atoms with Crippen LogP contribution in [0.25, 0.3) is 0 Å². The predicted octanol–water partition coefficient (Wildman–Crippen LogP) is 6.66. The molecular weight excluding hydrogens is 582 g/mol. The molecule has 230 valence electrons. The molecule has 7 nitrogen and oxygen atoms in total. The van der Waals surface area contributed by atoms with Crippen molar-refractivity contribution in [2.24, 2.45) is 0 Å². The summed E-state index contributed by atoms with van der Waals surface area (Å²) < 4.78 is 29.5. The van der Waals surface area contributed by atoms with Crippen LogP contribution in [0.1, 0.15) is 69.1 Å². The van der Waals surface area contributed by atoms with Gasteiger partial charge >= 0.3 is 0 Å². The van der Waals surface area contributed by atoms with Gasteiger partial charge in [0.2, 0.25) is 11.8 Å². The van der Waals surface area contributed by atoms with Crippen LogP contribution in [0.3, 0.4) is 0 Å². The van der Waals surface area contributed by atoms with Crippen LogP contribution in [0.15, 0.2) is 77.7 Å². The van der Waals surface area contributed by atoms with Crippen LogP contribution in [0.2, 0.25) is 5.02 Å². The molecule has 1 fully saturated rings. The summed E-state index contributed by atoms with van der Waals surface area (Å²) in [6, 6.07) is 20.3. The summed E-state index contributed by atoms with van der Waals surface area (Å²) in [6.07, 6.45) is 6.05. The Morgan fingerprint density at radius 2 is 1.53 bits per heavy atom. The Balaban J connectivity index is 1.74. The third-order valence-corrected chi connectivity index (χ3v) is 10.3. The summed E-state index contributed by atoms with van der Waals surface area (Å²) in [5, 5.41) is 3.65. The van der Waals surface area contributed by atoms with Crippen molar-refractivity contribution in [2.75, 3.05) is 10.8 Å². The monoisotopic (exact) mass is 623 g/mol. The number of carbonyl (C=O) groups is 2. The van der Waals surface area contributed by atoms with Crippen LogP contribution in [-0.4, -0.2) is 43.8 Å². The number of benzene rings is 3. The van der Waals surface area contributed by atoms with E-state index in [1.807, 2.05) is 51.1 Å². The zero-order valence-electron chi connectivity index (χ0n) is 25.3. The largest absolute Gasteiger partial charge is 0.352 e. The number of carbonyl (C=O) groups excluding carboxylic acids is 2. The van der Waals surface area contributed by atoms with Crippen molar-refractivity contribution in [3.8, 4) is 0 Å². The molecule has 1 N–H and O–H groups in total. The van der Waals surface area contributed by atoms with Crippen molar-refractivity contribution >= 4 is 39.1 Å². The van der Waals surface area contributed by atoms with Gasteiger partial charge in [-0.3, -0.25) is 13.9 Å². The van der Waals surface area contributed by atoms with E-state index in [9.17, 15) is 18.0 Å². The Labute approximate surface area is 261 Å². The van der Waals surface area contributed by atoms with Crippen molar-refractivity contribution in [3.05, 3.63) is 94.5 Å². The molecule has 4 rings (SSSR count). The molecule has 3 aromatic rings. The summed E-state index contributed by atoms with van der Waals surface area (Å²) >= 11 is 6.52. The molecule has 0 unspecified atom stereocenters. The number of hydrogen-bond donors (Lipinski definition) is 1. The van der Waals surface area contributed by atoms with Crippen LogP contribution < -0.4 is 9.62 Å². The van der Waals surface area contributed by atoms with Gasteiger partial charge in [0, 0.05) is 17.6 Å². The fourth-order valence-electron chi connectivity index (χ4n) is 5.68. The summed E-state index contributed by atoms with van der Waals surface area (Å²) in [4.78, 5) is 29.7. The number of amides is 2. The Kier molecular flexibility index (Phi) is 11.3. The van der Waals surface area contributed by atoms with Gasteiger partial charge in [-0.25, -0.2) is 8.42 Å². The number of halogens is 1. The van der Waals surface area contributed by atoms with E-state index in [2.05, 4.69) is 5.32 Å². The highest BCUT2D eigenvalue weighted by Crippen LogP contribution is 2.29. The van der Waals surface area contributed by atoms with Gasteiger partial charge in [0.25, 0.3) is 10.0 Å². The first-order valence-corrected chi connectivity index (χ1v) is 17.0. The van der Waals surface area contributed by atoms with Gasteiger partial charge in [0.1, 0.15) is 12.6 Å². The van der Waals surface area contributed by atoms with Crippen LogP contribution in [0.5, 0.6) is 0 Å². The summed E-state index contributed by atoms with van der Waals surface area (Å²) in [6.45, 7) is 5.31. The Morgan fingerprint density at radius 3 is 2.16 bits per heavy atom. The van der Waals surface area contributed by atoms with Crippen molar-refractivity contribution in [1.82, 2.24) is 10.2 Å². The lowest BCUT2D eigenvalue weighted by Gasteiger charge is -2.35. The predicted molar refractivity (Wildman–Crippen MR) is 173 cm³/mol. The van der Waals surface area contributed by atoms with E-state index < -0.39 is 28.5 Å². The minimum Gasteiger partial charge on any atom is -0.352 e. The molecule has 0 aliphatic heterocycles. The van der Waals surface area contributed by atoms with Crippen LogP contribution >= 0.6 is 11.6 Å². The number of nitrogens with one attached hydrogen (secondary N) is 1. The number of para-hydroxylation sites is 1. The smallest absolute Gasteiger partial charge is 0.264 e. The molecular formula is C34H42ClN3O4S. The van der Waals surface area contributed by atoms with Crippen LogP contribution in [-0.2, 0) is 32.6 Å².